The topological polar surface area (TPSA) is 12.4 Å². The van der Waals surface area contributed by atoms with E-state index in [0.717, 1.165) is 12.1 Å². The van der Waals surface area contributed by atoms with Crippen LogP contribution in [0, 0.1) is 5.92 Å². The van der Waals surface area contributed by atoms with Crippen LogP contribution >= 0.6 is 11.6 Å². The minimum atomic E-state index is 0.624. The molecule has 0 aromatic rings. The molecule has 70 valence electrons. The molecular formula is C11H14ClN. The molecule has 0 radical (unpaired) electrons. The smallest absolute Gasteiger partial charge is 0.0843 e. The van der Waals surface area contributed by atoms with Gasteiger partial charge in [0.1, 0.15) is 0 Å². The first-order chi connectivity index (χ1) is 6.09. The first kappa shape index (κ1) is 10.3. The Kier molecular flexibility index (Phi) is 3.53. The number of allylic oxidation sites excluding steroid dienone is 3. The SMILES string of the molecule is CC1=NC=C=C(Cl)C=C1CC(C)C. The van der Waals surface area contributed by atoms with Crippen molar-refractivity contribution < 1.29 is 0 Å². The molecule has 13 heavy (non-hydrogen) atoms. The fraction of sp³-hybridized carbons (Fsp3) is 0.455. The molecule has 0 N–H and O–H groups in total. The molecule has 1 nitrogen and oxygen atoms in total. The second-order valence-electron chi connectivity index (χ2n) is 3.60. The van der Waals surface area contributed by atoms with Crippen LogP contribution in [0.1, 0.15) is 27.2 Å². The van der Waals surface area contributed by atoms with Gasteiger partial charge in [-0.25, -0.2) is 0 Å². The van der Waals surface area contributed by atoms with E-state index in [1.807, 2.05) is 13.0 Å². The van der Waals surface area contributed by atoms with E-state index >= 15 is 0 Å². The Morgan fingerprint density at radius 1 is 1.54 bits per heavy atom. The second-order valence-corrected chi connectivity index (χ2v) is 4.01. The highest BCUT2D eigenvalue weighted by Gasteiger charge is 2.06. The molecule has 1 aliphatic heterocycles. The number of aliphatic imine (C=N–C) groups is 1. The highest BCUT2D eigenvalue weighted by molar-refractivity contribution is 6.31. The molecular weight excluding hydrogens is 182 g/mol. The molecule has 0 aromatic heterocycles. The summed E-state index contributed by atoms with van der Waals surface area (Å²) in [6.07, 6.45) is 4.59. The minimum Gasteiger partial charge on any atom is -0.253 e. The molecule has 0 saturated heterocycles. The van der Waals surface area contributed by atoms with E-state index in [0.29, 0.717) is 11.0 Å². The lowest BCUT2D eigenvalue weighted by Crippen LogP contribution is -2.00. The lowest BCUT2D eigenvalue weighted by Gasteiger charge is -2.08. The Balaban J connectivity index is 2.89. The number of nitrogens with zero attached hydrogens (tertiary/aromatic N) is 1. The summed E-state index contributed by atoms with van der Waals surface area (Å²) in [6, 6.07) is 0. The number of rotatable bonds is 2. The van der Waals surface area contributed by atoms with Gasteiger partial charge in [0.15, 0.2) is 0 Å². The first-order valence-electron chi connectivity index (χ1n) is 4.45. The average molecular weight is 196 g/mol. The summed E-state index contributed by atoms with van der Waals surface area (Å²) in [7, 11) is 0. The maximum absolute atomic E-state index is 5.89. The Bertz CT molecular complexity index is 315. The molecule has 1 rings (SSSR count). The number of hydrogen-bond donors (Lipinski definition) is 0. The monoisotopic (exact) mass is 195 g/mol. The first-order valence-corrected chi connectivity index (χ1v) is 4.83. The standard InChI is InChI=1S/C11H14ClN/c1-8(2)6-10-7-11(12)4-5-13-9(10)3/h5,7-8H,6H2,1-3H3. The van der Waals surface area contributed by atoms with Crippen molar-refractivity contribution in [2.24, 2.45) is 10.9 Å². The summed E-state index contributed by atoms with van der Waals surface area (Å²) in [6.45, 7) is 6.37. The van der Waals surface area contributed by atoms with E-state index in [4.69, 9.17) is 11.6 Å². The van der Waals surface area contributed by atoms with Crippen molar-refractivity contribution in [1.29, 1.82) is 0 Å². The third-order valence-electron chi connectivity index (χ3n) is 1.85. The van der Waals surface area contributed by atoms with Crippen molar-refractivity contribution in [3.63, 3.8) is 0 Å². The van der Waals surface area contributed by atoms with Gasteiger partial charge >= 0.3 is 0 Å². The van der Waals surface area contributed by atoms with Crippen molar-refractivity contribution in [3.05, 3.63) is 28.6 Å². The van der Waals surface area contributed by atoms with Gasteiger partial charge in [0.25, 0.3) is 0 Å². The highest BCUT2D eigenvalue weighted by atomic mass is 35.5. The lowest BCUT2D eigenvalue weighted by molar-refractivity contribution is 0.653. The lowest BCUT2D eigenvalue weighted by atomic mass is 9.99. The van der Waals surface area contributed by atoms with Gasteiger partial charge in [0.05, 0.1) is 11.2 Å². The fourth-order valence-electron chi connectivity index (χ4n) is 1.22. The molecule has 0 fully saturated rings. The summed E-state index contributed by atoms with van der Waals surface area (Å²) in [4.78, 5) is 4.22. The van der Waals surface area contributed by atoms with E-state index in [-0.39, 0.29) is 0 Å². The molecule has 0 bridgehead atoms. The average Bonchev–Trinajstić information content (AvgIpc) is 2.14. The van der Waals surface area contributed by atoms with Crippen LogP contribution in [0.2, 0.25) is 0 Å². The van der Waals surface area contributed by atoms with Crippen molar-refractivity contribution in [2.45, 2.75) is 27.2 Å². The van der Waals surface area contributed by atoms with Crippen LogP contribution in [-0.4, -0.2) is 5.71 Å². The van der Waals surface area contributed by atoms with Crippen molar-refractivity contribution in [1.82, 2.24) is 0 Å². The quantitative estimate of drug-likeness (QED) is 0.597. The van der Waals surface area contributed by atoms with Gasteiger partial charge in [0, 0.05) is 5.71 Å². The maximum atomic E-state index is 5.89. The number of halogens is 1. The Morgan fingerprint density at radius 3 is 2.85 bits per heavy atom. The molecule has 0 saturated carbocycles. The summed E-state index contributed by atoms with van der Waals surface area (Å²) in [5, 5.41) is 0.635. The van der Waals surface area contributed by atoms with Crippen LogP contribution in [0.5, 0.6) is 0 Å². The molecule has 0 unspecified atom stereocenters. The summed E-state index contributed by atoms with van der Waals surface area (Å²) < 4.78 is 0. The summed E-state index contributed by atoms with van der Waals surface area (Å²) in [5.74, 6) is 0.624. The van der Waals surface area contributed by atoms with Gasteiger partial charge in [-0.15, -0.1) is 0 Å². The zero-order valence-electron chi connectivity index (χ0n) is 8.26. The Labute approximate surface area is 84.5 Å². The van der Waals surface area contributed by atoms with E-state index in [2.05, 4.69) is 24.6 Å². The number of hydrogen-bond acceptors (Lipinski definition) is 1. The van der Waals surface area contributed by atoms with E-state index < -0.39 is 0 Å². The summed E-state index contributed by atoms with van der Waals surface area (Å²) in [5.41, 5.74) is 5.12. The van der Waals surface area contributed by atoms with Crippen LogP contribution in [0.4, 0.5) is 0 Å². The third-order valence-corrected chi connectivity index (χ3v) is 2.07. The zero-order valence-corrected chi connectivity index (χ0v) is 9.02. The van der Waals surface area contributed by atoms with Crippen LogP contribution < -0.4 is 0 Å². The molecule has 0 amide bonds. The third kappa shape index (κ3) is 3.22. The fourth-order valence-corrected chi connectivity index (χ4v) is 1.40. The minimum absolute atomic E-state index is 0.624. The predicted molar refractivity (Wildman–Crippen MR) is 58.1 cm³/mol. The second kappa shape index (κ2) is 4.45. The van der Waals surface area contributed by atoms with Crippen molar-refractivity contribution in [2.75, 3.05) is 0 Å². The molecule has 1 heterocycles. The molecule has 0 atom stereocenters. The Hall–Kier alpha value is -0.780. The van der Waals surface area contributed by atoms with E-state index in [1.165, 1.54) is 5.57 Å². The van der Waals surface area contributed by atoms with Gasteiger partial charge in [-0.05, 0) is 30.9 Å². The van der Waals surface area contributed by atoms with E-state index in [1.54, 1.807) is 6.20 Å². The molecule has 1 aliphatic rings. The zero-order chi connectivity index (χ0) is 9.84. The largest absolute Gasteiger partial charge is 0.253 e. The summed E-state index contributed by atoms with van der Waals surface area (Å²) >= 11 is 5.89. The van der Waals surface area contributed by atoms with Crippen LogP contribution in [0.3, 0.4) is 0 Å². The van der Waals surface area contributed by atoms with Crippen LogP contribution in [-0.2, 0) is 0 Å². The van der Waals surface area contributed by atoms with Gasteiger partial charge in [-0.2, -0.15) is 0 Å². The molecule has 2 heteroatoms. The van der Waals surface area contributed by atoms with Gasteiger partial charge < -0.3 is 0 Å². The normalized spacial score (nSPS) is 16.5. The highest BCUT2D eigenvalue weighted by Crippen LogP contribution is 2.18. The van der Waals surface area contributed by atoms with E-state index in [9.17, 15) is 0 Å². The molecule has 0 spiro atoms. The van der Waals surface area contributed by atoms with Gasteiger partial charge in [-0.3, -0.25) is 4.99 Å². The van der Waals surface area contributed by atoms with Gasteiger partial charge in [-0.1, -0.05) is 31.2 Å². The Morgan fingerprint density at radius 2 is 2.23 bits per heavy atom. The van der Waals surface area contributed by atoms with Crippen LogP contribution in [0.25, 0.3) is 0 Å². The maximum Gasteiger partial charge on any atom is 0.0843 e. The van der Waals surface area contributed by atoms with Gasteiger partial charge in [0.2, 0.25) is 0 Å². The molecule has 0 aliphatic carbocycles. The predicted octanol–water partition coefficient (Wildman–Crippen LogP) is 3.67. The van der Waals surface area contributed by atoms with Crippen LogP contribution in [0.15, 0.2) is 33.6 Å². The van der Waals surface area contributed by atoms with Crippen molar-refractivity contribution in [3.8, 4) is 0 Å². The van der Waals surface area contributed by atoms with Crippen molar-refractivity contribution >= 4 is 17.3 Å². The molecule has 0 aromatic carbocycles.